The maximum atomic E-state index is 13.1. The number of hydrogen-bond donors (Lipinski definition) is 0. The van der Waals surface area contributed by atoms with Gasteiger partial charge < -0.3 is 9.47 Å². The zero-order valence-electron chi connectivity index (χ0n) is 18.3. The van der Waals surface area contributed by atoms with Gasteiger partial charge in [0.05, 0.1) is 30.2 Å². The molecule has 4 atom stereocenters. The summed E-state index contributed by atoms with van der Waals surface area (Å²) in [6, 6.07) is 11.3. The summed E-state index contributed by atoms with van der Waals surface area (Å²) in [5, 5.41) is 0. The van der Waals surface area contributed by atoms with Crippen molar-refractivity contribution in [2.24, 2.45) is 23.7 Å². The van der Waals surface area contributed by atoms with Crippen molar-refractivity contribution in [1.29, 1.82) is 0 Å². The summed E-state index contributed by atoms with van der Waals surface area (Å²) in [4.78, 5) is 52.6. The molecule has 0 N–H and O–H groups in total. The Balaban J connectivity index is 1.33. The van der Waals surface area contributed by atoms with Gasteiger partial charge in [0, 0.05) is 5.56 Å². The van der Waals surface area contributed by atoms with Gasteiger partial charge in [0.15, 0.2) is 12.4 Å². The maximum Gasteiger partial charge on any atom is 0.338 e. The number of aryl methyl sites for hydroxylation is 1. The number of Topliss-reactive ketones (excluding diaryl/α,β-unsaturated/α-hetero) is 1. The summed E-state index contributed by atoms with van der Waals surface area (Å²) in [6.07, 6.45) is 4.94. The van der Waals surface area contributed by atoms with Crippen LogP contribution >= 0.6 is 0 Å². The van der Waals surface area contributed by atoms with Gasteiger partial charge in [0.2, 0.25) is 11.8 Å². The number of hydrogen-bond acceptors (Lipinski definition) is 6. The summed E-state index contributed by atoms with van der Waals surface area (Å²) in [7, 11) is 1.50. The first kappa shape index (κ1) is 21.1. The number of imide groups is 1. The molecule has 5 rings (SSSR count). The maximum absolute atomic E-state index is 13.1. The van der Waals surface area contributed by atoms with E-state index in [4.69, 9.17) is 9.47 Å². The average molecular weight is 445 g/mol. The van der Waals surface area contributed by atoms with Crippen LogP contribution in [0.2, 0.25) is 0 Å². The second-order valence-electron chi connectivity index (χ2n) is 8.74. The second kappa shape index (κ2) is 7.99. The highest BCUT2D eigenvalue weighted by Crippen LogP contribution is 2.53. The molecule has 7 nitrogen and oxygen atoms in total. The molecule has 1 aliphatic heterocycles. The SMILES string of the molecule is COc1cccc(C(=O)COC(=O)c2ccc(C)c(N3C(=O)[C@@H]4[C@H](C3=O)[C@@H]3C=C[C@H]4C3)c2)c1. The molecule has 3 aliphatic rings. The third-order valence-electron chi connectivity index (χ3n) is 6.88. The number of carbonyl (C=O) groups is 4. The van der Waals surface area contributed by atoms with Gasteiger partial charge in [-0.3, -0.25) is 14.4 Å². The lowest BCUT2D eigenvalue weighted by molar-refractivity contribution is -0.123. The van der Waals surface area contributed by atoms with Crippen LogP contribution in [0.4, 0.5) is 5.69 Å². The van der Waals surface area contributed by atoms with Crippen LogP contribution in [0.15, 0.2) is 54.6 Å². The number of ether oxygens (including phenoxy) is 2. The van der Waals surface area contributed by atoms with Gasteiger partial charge in [0.1, 0.15) is 5.75 Å². The highest BCUT2D eigenvalue weighted by molar-refractivity contribution is 6.23. The molecule has 2 aromatic rings. The highest BCUT2D eigenvalue weighted by Gasteiger charge is 2.59. The number of amides is 2. The van der Waals surface area contributed by atoms with E-state index in [9.17, 15) is 19.2 Å². The molecule has 2 aliphatic carbocycles. The minimum atomic E-state index is -0.700. The van der Waals surface area contributed by atoms with Crippen LogP contribution in [0.3, 0.4) is 0 Å². The van der Waals surface area contributed by atoms with E-state index in [1.807, 2.05) is 12.2 Å². The van der Waals surface area contributed by atoms with Crippen LogP contribution in [0, 0.1) is 30.6 Å². The number of methoxy groups -OCH3 is 1. The van der Waals surface area contributed by atoms with Gasteiger partial charge in [0.25, 0.3) is 0 Å². The first-order valence-electron chi connectivity index (χ1n) is 10.9. The lowest BCUT2D eigenvalue weighted by atomic mass is 9.85. The molecular weight excluding hydrogens is 422 g/mol. The summed E-state index contributed by atoms with van der Waals surface area (Å²) in [6.45, 7) is 1.36. The predicted molar refractivity (Wildman–Crippen MR) is 119 cm³/mol. The van der Waals surface area contributed by atoms with E-state index in [1.165, 1.54) is 18.1 Å². The van der Waals surface area contributed by atoms with Crippen LogP contribution in [-0.4, -0.2) is 37.3 Å². The Morgan fingerprint density at radius 2 is 1.67 bits per heavy atom. The first-order chi connectivity index (χ1) is 15.9. The van der Waals surface area contributed by atoms with Gasteiger partial charge in [-0.1, -0.05) is 30.4 Å². The number of rotatable bonds is 6. The van der Waals surface area contributed by atoms with Gasteiger partial charge in [-0.25, -0.2) is 9.69 Å². The zero-order chi connectivity index (χ0) is 23.3. The Kier molecular flexibility index (Phi) is 5.12. The number of nitrogens with zero attached hydrogens (tertiary/aromatic N) is 1. The van der Waals surface area contributed by atoms with Crippen molar-refractivity contribution >= 4 is 29.3 Å². The van der Waals surface area contributed by atoms with Crippen LogP contribution < -0.4 is 9.64 Å². The zero-order valence-corrected chi connectivity index (χ0v) is 18.3. The molecule has 1 heterocycles. The summed E-state index contributed by atoms with van der Waals surface area (Å²) < 4.78 is 10.3. The average Bonchev–Trinajstić information content (AvgIpc) is 3.51. The Morgan fingerprint density at radius 1 is 0.970 bits per heavy atom. The first-order valence-corrected chi connectivity index (χ1v) is 10.9. The Bertz CT molecular complexity index is 1190. The smallest absolute Gasteiger partial charge is 0.338 e. The van der Waals surface area contributed by atoms with Gasteiger partial charge in [-0.05, 0) is 55.0 Å². The van der Waals surface area contributed by atoms with Crippen LogP contribution in [0.25, 0.3) is 0 Å². The lowest BCUT2D eigenvalue weighted by Gasteiger charge is -2.20. The van der Waals surface area contributed by atoms with Crippen molar-refractivity contribution in [2.75, 3.05) is 18.6 Å². The summed E-state index contributed by atoms with van der Waals surface area (Å²) >= 11 is 0. The Morgan fingerprint density at radius 3 is 2.33 bits per heavy atom. The van der Waals surface area contributed by atoms with E-state index >= 15 is 0 Å². The van der Waals surface area contributed by atoms with Crippen LogP contribution in [0.5, 0.6) is 5.75 Å². The number of esters is 1. The number of benzene rings is 2. The van der Waals surface area contributed by atoms with E-state index < -0.39 is 12.6 Å². The topological polar surface area (TPSA) is 90.0 Å². The molecule has 33 heavy (non-hydrogen) atoms. The molecule has 2 amide bonds. The highest BCUT2D eigenvalue weighted by atomic mass is 16.5. The Hall–Kier alpha value is -3.74. The van der Waals surface area contributed by atoms with E-state index in [0.29, 0.717) is 22.6 Å². The van der Waals surface area contributed by atoms with E-state index in [2.05, 4.69) is 0 Å². The van der Waals surface area contributed by atoms with E-state index in [-0.39, 0.29) is 46.8 Å². The number of anilines is 1. The molecule has 0 aromatic heterocycles. The molecule has 0 radical (unpaired) electrons. The number of ketones is 1. The predicted octanol–water partition coefficient (Wildman–Crippen LogP) is 3.35. The fourth-order valence-electron chi connectivity index (χ4n) is 5.21. The van der Waals surface area contributed by atoms with Crippen LogP contribution in [-0.2, 0) is 14.3 Å². The summed E-state index contributed by atoms with van der Waals surface area (Å²) in [5.41, 5.74) is 1.65. The van der Waals surface area contributed by atoms with Crippen molar-refractivity contribution in [3.63, 3.8) is 0 Å². The number of carbonyl (C=O) groups excluding carboxylic acids is 4. The molecule has 0 spiro atoms. The van der Waals surface area contributed by atoms with Gasteiger partial charge >= 0.3 is 5.97 Å². The summed E-state index contributed by atoms with van der Waals surface area (Å²) in [5.74, 6) is -1.36. The standard InChI is InChI=1S/C26H23NO6/c1-14-6-7-18(26(31)33-13-21(28)15-4-3-5-19(11-15)32-2)12-20(14)27-24(29)22-16-8-9-17(10-16)23(22)25(27)30/h3-9,11-12,16-17,22-23H,10,13H2,1-2H3/t16-,17+,22-,23+. The van der Waals surface area contributed by atoms with Crippen LogP contribution in [0.1, 0.15) is 32.7 Å². The van der Waals surface area contributed by atoms with E-state index in [1.54, 1.807) is 43.3 Å². The van der Waals surface area contributed by atoms with Crippen molar-refractivity contribution in [2.45, 2.75) is 13.3 Å². The molecule has 1 saturated carbocycles. The molecular formula is C26H23NO6. The second-order valence-corrected chi connectivity index (χ2v) is 8.74. The molecule has 2 aromatic carbocycles. The minimum Gasteiger partial charge on any atom is -0.497 e. The monoisotopic (exact) mass is 445 g/mol. The van der Waals surface area contributed by atoms with Gasteiger partial charge in [-0.2, -0.15) is 0 Å². The van der Waals surface area contributed by atoms with Crippen molar-refractivity contribution < 1.29 is 28.7 Å². The number of fused-ring (bicyclic) bond motifs is 5. The van der Waals surface area contributed by atoms with Crippen molar-refractivity contribution in [3.05, 3.63) is 71.3 Å². The fraction of sp³-hybridized carbons (Fsp3) is 0.308. The lowest BCUT2D eigenvalue weighted by Crippen LogP contribution is -2.33. The third kappa shape index (κ3) is 3.44. The largest absolute Gasteiger partial charge is 0.497 e. The molecule has 1 saturated heterocycles. The van der Waals surface area contributed by atoms with Crippen molar-refractivity contribution in [1.82, 2.24) is 0 Å². The minimum absolute atomic E-state index is 0.109. The third-order valence-corrected chi connectivity index (χ3v) is 6.88. The number of allylic oxidation sites excluding steroid dienone is 2. The van der Waals surface area contributed by atoms with Gasteiger partial charge in [-0.15, -0.1) is 0 Å². The molecule has 168 valence electrons. The normalized spacial score (nSPS) is 24.8. The molecule has 2 fully saturated rings. The van der Waals surface area contributed by atoms with E-state index in [0.717, 1.165) is 6.42 Å². The molecule has 2 bridgehead atoms. The molecule has 0 unspecified atom stereocenters. The quantitative estimate of drug-likeness (QED) is 0.293. The molecule has 7 heteroatoms. The van der Waals surface area contributed by atoms with Crippen molar-refractivity contribution in [3.8, 4) is 5.75 Å². The fourth-order valence-corrected chi connectivity index (χ4v) is 5.21. The Labute approximate surface area is 191 Å².